The highest BCUT2D eigenvalue weighted by Crippen LogP contribution is 2.27. The second-order valence-electron chi connectivity index (χ2n) is 6.33. The predicted octanol–water partition coefficient (Wildman–Crippen LogP) is 1.92. The van der Waals surface area contributed by atoms with E-state index < -0.39 is 10.0 Å². The van der Waals surface area contributed by atoms with Gasteiger partial charge in [-0.1, -0.05) is 37.4 Å². The Bertz CT molecular complexity index is 858. The molecule has 2 aromatic rings. The highest BCUT2D eigenvalue weighted by Gasteiger charge is 2.17. The highest BCUT2D eigenvalue weighted by atomic mass is 32.2. The number of carbonyl (C=O) groups is 1. The molecule has 1 fully saturated rings. The molecule has 1 aromatic carbocycles. The van der Waals surface area contributed by atoms with Crippen molar-refractivity contribution in [3.63, 3.8) is 0 Å². The van der Waals surface area contributed by atoms with Crippen LogP contribution in [0.15, 0.2) is 34.3 Å². The molecule has 10 heteroatoms. The molecule has 0 atom stereocenters. The average Bonchev–Trinajstić information content (AvgIpc) is 3.25. The fraction of sp³-hybridized carbons (Fsp3) is 0.438. The molecule has 140 valence electrons. The number of rotatable bonds is 7. The smallest absolute Gasteiger partial charge is 0.238 e. The summed E-state index contributed by atoms with van der Waals surface area (Å²) in [6.45, 7) is 0. The number of aromatic nitrogens is 3. The van der Waals surface area contributed by atoms with Gasteiger partial charge in [-0.2, -0.15) is 0 Å². The van der Waals surface area contributed by atoms with Gasteiger partial charge in [-0.05, 0) is 30.2 Å². The summed E-state index contributed by atoms with van der Waals surface area (Å²) in [7, 11) is -3.74. The van der Waals surface area contributed by atoms with Crippen LogP contribution in [0.4, 0.5) is 5.69 Å². The predicted molar refractivity (Wildman–Crippen MR) is 99.2 cm³/mol. The number of aromatic amines is 1. The van der Waals surface area contributed by atoms with Crippen LogP contribution in [-0.4, -0.2) is 35.3 Å². The second kappa shape index (κ2) is 8.19. The lowest BCUT2D eigenvalue weighted by molar-refractivity contribution is -0.113. The summed E-state index contributed by atoms with van der Waals surface area (Å²) in [5, 5.41) is 15.4. The lowest BCUT2D eigenvalue weighted by Gasteiger charge is -2.05. The average molecular weight is 396 g/mol. The molecule has 1 aromatic heterocycles. The minimum atomic E-state index is -3.74. The molecule has 1 aliphatic rings. The Morgan fingerprint density at radius 3 is 2.62 bits per heavy atom. The van der Waals surface area contributed by atoms with Gasteiger partial charge in [0.2, 0.25) is 21.1 Å². The third-order valence-electron chi connectivity index (χ3n) is 4.27. The van der Waals surface area contributed by atoms with Crippen molar-refractivity contribution in [1.82, 2.24) is 15.2 Å². The van der Waals surface area contributed by atoms with Gasteiger partial charge in [0.25, 0.3) is 0 Å². The number of nitrogens with zero attached hydrogens (tertiary/aromatic N) is 2. The molecule has 0 radical (unpaired) electrons. The Morgan fingerprint density at radius 2 is 1.96 bits per heavy atom. The fourth-order valence-corrected chi connectivity index (χ4v) is 4.11. The molecule has 0 aliphatic heterocycles. The van der Waals surface area contributed by atoms with Crippen LogP contribution in [0.25, 0.3) is 0 Å². The lowest BCUT2D eigenvalue weighted by atomic mass is 10.0. The fourth-order valence-electron chi connectivity index (χ4n) is 2.98. The molecule has 1 saturated carbocycles. The molecule has 1 heterocycles. The first-order valence-electron chi connectivity index (χ1n) is 8.37. The van der Waals surface area contributed by atoms with Gasteiger partial charge in [0.05, 0.1) is 10.6 Å². The molecule has 0 unspecified atom stereocenters. The summed E-state index contributed by atoms with van der Waals surface area (Å²) in [6.07, 6.45) is 5.99. The number of thioether (sulfide) groups is 1. The summed E-state index contributed by atoms with van der Waals surface area (Å²) < 4.78 is 22.4. The number of H-pyrrole nitrogens is 1. The topological polar surface area (TPSA) is 131 Å². The third kappa shape index (κ3) is 5.29. The van der Waals surface area contributed by atoms with Crippen LogP contribution in [0.5, 0.6) is 0 Å². The van der Waals surface area contributed by atoms with Crippen LogP contribution >= 0.6 is 11.8 Å². The Labute approximate surface area is 156 Å². The van der Waals surface area contributed by atoms with E-state index >= 15 is 0 Å². The maximum Gasteiger partial charge on any atom is 0.238 e. The number of nitrogens with two attached hydrogens (primary N) is 1. The van der Waals surface area contributed by atoms with E-state index in [0.29, 0.717) is 16.8 Å². The van der Waals surface area contributed by atoms with E-state index in [1.807, 2.05) is 0 Å². The van der Waals surface area contributed by atoms with Gasteiger partial charge < -0.3 is 5.32 Å². The van der Waals surface area contributed by atoms with Crippen molar-refractivity contribution < 1.29 is 13.2 Å². The minimum absolute atomic E-state index is 0.000360. The summed E-state index contributed by atoms with van der Waals surface area (Å²) in [6, 6.07) is 5.69. The van der Waals surface area contributed by atoms with Gasteiger partial charge >= 0.3 is 0 Å². The number of sulfonamides is 1. The number of hydrogen-bond acceptors (Lipinski definition) is 6. The maximum atomic E-state index is 12.0. The van der Waals surface area contributed by atoms with Crippen molar-refractivity contribution >= 4 is 33.4 Å². The first-order chi connectivity index (χ1) is 12.4. The van der Waals surface area contributed by atoms with Crippen LogP contribution in [0, 0.1) is 5.92 Å². The molecule has 0 bridgehead atoms. The molecule has 0 saturated heterocycles. The minimum Gasteiger partial charge on any atom is -0.325 e. The second-order valence-corrected chi connectivity index (χ2v) is 8.83. The standard InChI is InChI=1S/C16H21N5O3S2/c17-26(23,24)13-7-5-12(6-8-13)18-15(22)10-25-16-19-14(20-21-16)9-11-3-1-2-4-11/h5-8,11H,1-4,9-10H2,(H,18,22)(H2,17,23,24)(H,19,20,21). The van der Waals surface area contributed by atoms with Gasteiger partial charge in [-0.25, -0.2) is 18.5 Å². The van der Waals surface area contributed by atoms with Crippen LogP contribution in [0.1, 0.15) is 31.5 Å². The Balaban J connectivity index is 1.47. The summed E-state index contributed by atoms with van der Waals surface area (Å²) >= 11 is 1.25. The van der Waals surface area contributed by atoms with Crippen molar-refractivity contribution in [3.8, 4) is 0 Å². The zero-order valence-electron chi connectivity index (χ0n) is 14.1. The summed E-state index contributed by atoms with van der Waals surface area (Å²) in [5.41, 5.74) is 0.500. The molecular formula is C16H21N5O3S2. The maximum absolute atomic E-state index is 12.0. The number of primary sulfonamides is 1. The largest absolute Gasteiger partial charge is 0.325 e. The summed E-state index contributed by atoms with van der Waals surface area (Å²) in [5.74, 6) is 1.50. The normalized spacial score (nSPS) is 15.3. The number of amides is 1. The Kier molecular flexibility index (Phi) is 5.94. The monoisotopic (exact) mass is 395 g/mol. The molecule has 0 spiro atoms. The number of carbonyl (C=O) groups excluding carboxylic acids is 1. The van der Waals surface area contributed by atoms with Crippen LogP contribution in [-0.2, 0) is 21.2 Å². The van der Waals surface area contributed by atoms with Crippen molar-refractivity contribution in [1.29, 1.82) is 0 Å². The first kappa shape index (κ1) is 18.9. The molecule has 26 heavy (non-hydrogen) atoms. The number of benzene rings is 1. The highest BCUT2D eigenvalue weighted by molar-refractivity contribution is 7.99. The Morgan fingerprint density at radius 1 is 1.27 bits per heavy atom. The van der Waals surface area contributed by atoms with Crippen molar-refractivity contribution in [2.45, 2.75) is 42.2 Å². The van der Waals surface area contributed by atoms with Crippen molar-refractivity contribution in [2.75, 3.05) is 11.1 Å². The zero-order chi connectivity index (χ0) is 18.6. The first-order valence-corrected chi connectivity index (χ1v) is 10.9. The van der Waals surface area contributed by atoms with Crippen LogP contribution in [0.2, 0.25) is 0 Å². The SMILES string of the molecule is NS(=O)(=O)c1ccc(NC(=O)CSc2n[nH]c(CC3CCCC3)n2)cc1. The van der Waals surface area contributed by atoms with Crippen molar-refractivity contribution in [2.24, 2.45) is 11.1 Å². The number of anilines is 1. The van der Waals surface area contributed by atoms with Gasteiger partial charge in [0.1, 0.15) is 5.82 Å². The zero-order valence-corrected chi connectivity index (χ0v) is 15.8. The third-order valence-corrected chi connectivity index (χ3v) is 6.04. The van der Waals surface area contributed by atoms with Gasteiger partial charge in [0, 0.05) is 12.1 Å². The van der Waals surface area contributed by atoms with E-state index in [2.05, 4.69) is 20.5 Å². The van der Waals surface area contributed by atoms with Gasteiger partial charge in [0.15, 0.2) is 0 Å². The van der Waals surface area contributed by atoms with E-state index in [1.165, 1.54) is 61.7 Å². The molecule has 1 aliphatic carbocycles. The Hall–Kier alpha value is -1.91. The van der Waals surface area contributed by atoms with Crippen LogP contribution < -0.4 is 10.5 Å². The molecule has 3 rings (SSSR count). The van der Waals surface area contributed by atoms with E-state index in [0.717, 1.165) is 12.2 Å². The van der Waals surface area contributed by atoms with E-state index in [-0.39, 0.29) is 16.6 Å². The van der Waals surface area contributed by atoms with E-state index in [4.69, 9.17) is 5.14 Å². The van der Waals surface area contributed by atoms with Gasteiger partial charge in [-0.3, -0.25) is 9.89 Å². The quantitative estimate of drug-likeness (QED) is 0.614. The summed E-state index contributed by atoms with van der Waals surface area (Å²) in [4.78, 5) is 16.4. The molecule has 1 amide bonds. The number of hydrogen-bond donors (Lipinski definition) is 3. The molecular weight excluding hydrogens is 374 g/mol. The van der Waals surface area contributed by atoms with Crippen LogP contribution in [0.3, 0.4) is 0 Å². The van der Waals surface area contributed by atoms with Gasteiger partial charge in [-0.15, -0.1) is 5.10 Å². The van der Waals surface area contributed by atoms with Crippen molar-refractivity contribution in [3.05, 3.63) is 30.1 Å². The number of nitrogens with one attached hydrogen (secondary N) is 2. The van der Waals surface area contributed by atoms with E-state index in [9.17, 15) is 13.2 Å². The van der Waals surface area contributed by atoms with E-state index in [1.54, 1.807) is 0 Å². The lowest BCUT2D eigenvalue weighted by Crippen LogP contribution is -2.15. The molecule has 4 N–H and O–H groups in total. The molecule has 8 nitrogen and oxygen atoms in total.